The van der Waals surface area contributed by atoms with Gasteiger partial charge in [0.25, 0.3) is 5.91 Å². The van der Waals surface area contributed by atoms with Crippen LogP contribution in [0.3, 0.4) is 0 Å². The van der Waals surface area contributed by atoms with Crippen LogP contribution in [0.4, 0.5) is 8.78 Å². The average Bonchev–Trinajstić information content (AvgIpc) is 2.86. The number of carbonyl (C=O) groups excluding carboxylic acids is 2. The van der Waals surface area contributed by atoms with Gasteiger partial charge in [0.05, 0.1) is 0 Å². The maximum atomic E-state index is 13.3. The summed E-state index contributed by atoms with van der Waals surface area (Å²) in [4.78, 5) is 24.4. The zero-order valence-corrected chi connectivity index (χ0v) is 10.6. The van der Waals surface area contributed by atoms with E-state index in [1.165, 1.54) is 4.90 Å². The van der Waals surface area contributed by atoms with Crippen molar-refractivity contribution in [2.45, 2.75) is 18.9 Å². The maximum absolute atomic E-state index is 13.3. The molecule has 0 aliphatic carbocycles. The molecule has 5 nitrogen and oxygen atoms in total. The molecule has 7 heteroatoms. The summed E-state index contributed by atoms with van der Waals surface area (Å²) in [6.45, 7) is -0.00592. The van der Waals surface area contributed by atoms with Gasteiger partial charge in [-0.25, -0.2) is 8.78 Å². The summed E-state index contributed by atoms with van der Waals surface area (Å²) in [7, 11) is 0. The summed E-state index contributed by atoms with van der Waals surface area (Å²) in [6.07, 6.45) is 1.20. The van der Waals surface area contributed by atoms with Crippen molar-refractivity contribution < 1.29 is 23.1 Å². The number of ether oxygens (including phenoxy) is 1. The molecule has 1 aromatic carbocycles. The zero-order chi connectivity index (χ0) is 14.7. The molecule has 1 fully saturated rings. The summed E-state index contributed by atoms with van der Waals surface area (Å²) in [5.74, 6) is -2.84. The molecule has 1 aromatic rings. The molecule has 2 rings (SSSR count). The van der Waals surface area contributed by atoms with E-state index in [9.17, 15) is 18.4 Å². The molecule has 0 spiro atoms. The molecule has 1 saturated heterocycles. The summed E-state index contributed by atoms with van der Waals surface area (Å²) in [6, 6.07) is 2.17. The van der Waals surface area contributed by atoms with Crippen molar-refractivity contribution in [3.8, 4) is 5.75 Å². The molecule has 0 unspecified atom stereocenters. The molecule has 1 atom stereocenters. The van der Waals surface area contributed by atoms with E-state index < -0.39 is 36.1 Å². The van der Waals surface area contributed by atoms with E-state index in [0.29, 0.717) is 25.5 Å². The van der Waals surface area contributed by atoms with Gasteiger partial charge in [-0.15, -0.1) is 0 Å². The summed E-state index contributed by atoms with van der Waals surface area (Å²) in [5.41, 5.74) is 5.20. The van der Waals surface area contributed by atoms with Crippen molar-refractivity contribution in [2.24, 2.45) is 5.73 Å². The average molecular weight is 284 g/mol. The lowest BCUT2D eigenvalue weighted by molar-refractivity contribution is -0.138. The Kier molecular flexibility index (Phi) is 4.16. The van der Waals surface area contributed by atoms with Gasteiger partial charge in [0.1, 0.15) is 11.9 Å². The number of nitrogens with two attached hydrogens (primary N) is 1. The third-order valence-corrected chi connectivity index (χ3v) is 3.15. The minimum absolute atomic E-state index is 0.213. The maximum Gasteiger partial charge on any atom is 0.261 e. The number of nitrogens with zero attached hydrogens (tertiary/aromatic N) is 1. The van der Waals surface area contributed by atoms with Crippen LogP contribution in [0.2, 0.25) is 0 Å². The number of rotatable bonds is 4. The molecular formula is C13H14F2N2O3. The zero-order valence-electron chi connectivity index (χ0n) is 10.6. The van der Waals surface area contributed by atoms with Crippen LogP contribution in [0.25, 0.3) is 0 Å². The predicted molar refractivity (Wildman–Crippen MR) is 65.8 cm³/mol. The van der Waals surface area contributed by atoms with Crippen molar-refractivity contribution in [2.75, 3.05) is 13.2 Å². The molecule has 1 heterocycles. The number of likely N-dealkylation sites (tertiary alicyclic amines) is 1. The quantitative estimate of drug-likeness (QED) is 0.889. The van der Waals surface area contributed by atoms with E-state index in [2.05, 4.69) is 0 Å². The fourth-order valence-electron chi connectivity index (χ4n) is 2.18. The van der Waals surface area contributed by atoms with Crippen molar-refractivity contribution in [1.82, 2.24) is 4.90 Å². The Labute approximate surface area is 114 Å². The molecule has 2 amide bonds. The molecular weight excluding hydrogens is 270 g/mol. The van der Waals surface area contributed by atoms with Crippen molar-refractivity contribution in [3.63, 3.8) is 0 Å². The highest BCUT2D eigenvalue weighted by Gasteiger charge is 2.32. The first kappa shape index (κ1) is 14.2. The Morgan fingerprint density at radius 2 is 2.15 bits per heavy atom. The number of hydrogen-bond acceptors (Lipinski definition) is 3. The number of hydrogen-bond donors (Lipinski definition) is 1. The molecule has 20 heavy (non-hydrogen) atoms. The Morgan fingerprint density at radius 1 is 1.40 bits per heavy atom. The minimum Gasteiger partial charge on any atom is -0.481 e. The van der Waals surface area contributed by atoms with Gasteiger partial charge in [-0.05, 0) is 25.0 Å². The fraction of sp³-hybridized carbons (Fsp3) is 0.385. The Balaban J connectivity index is 1.96. The van der Waals surface area contributed by atoms with Crippen LogP contribution >= 0.6 is 0 Å². The number of benzene rings is 1. The second kappa shape index (κ2) is 5.85. The summed E-state index contributed by atoms with van der Waals surface area (Å²) < 4.78 is 31.0. The molecule has 0 saturated carbocycles. The molecule has 0 bridgehead atoms. The van der Waals surface area contributed by atoms with E-state index >= 15 is 0 Å². The third-order valence-electron chi connectivity index (χ3n) is 3.15. The first-order valence-corrected chi connectivity index (χ1v) is 6.15. The van der Waals surface area contributed by atoms with E-state index in [4.69, 9.17) is 10.5 Å². The number of primary amides is 1. The number of carbonyl (C=O) groups is 2. The van der Waals surface area contributed by atoms with Gasteiger partial charge in [-0.1, -0.05) is 0 Å². The standard InChI is InChI=1S/C13H14F2N2O3/c14-8-3-4-11(9(15)6-8)20-7-12(18)17-5-1-2-10(17)13(16)19/h3-4,6,10H,1-2,5,7H2,(H2,16,19)/t10-/m0/s1. The third kappa shape index (κ3) is 3.04. The van der Waals surface area contributed by atoms with Crippen LogP contribution in [-0.4, -0.2) is 35.9 Å². The summed E-state index contributed by atoms with van der Waals surface area (Å²) >= 11 is 0. The lowest BCUT2D eigenvalue weighted by Gasteiger charge is -2.22. The van der Waals surface area contributed by atoms with Gasteiger partial charge in [-0.3, -0.25) is 9.59 Å². The van der Waals surface area contributed by atoms with Gasteiger partial charge in [0.15, 0.2) is 18.2 Å². The minimum atomic E-state index is -0.884. The number of halogens is 2. The van der Waals surface area contributed by atoms with Crippen LogP contribution in [0, 0.1) is 11.6 Å². The first-order chi connectivity index (χ1) is 9.49. The Bertz CT molecular complexity index is 536. The van der Waals surface area contributed by atoms with Crippen molar-refractivity contribution in [3.05, 3.63) is 29.8 Å². The van der Waals surface area contributed by atoms with Gasteiger partial charge < -0.3 is 15.4 Å². The van der Waals surface area contributed by atoms with E-state index in [1.54, 1.807) is 0 Å². The van der Waals surface area contributed by atoms with E-state index in [-0.39, 0.29) is 5.75 Å². The number of amides is 2. The second-order valence-electron chi connectivity index (χ2n) is 4.51. The topological polar surface area (TPSA) is 72.6 Å². The van der Waals surface area contributed by atoms with Gasteiger partial charge in [0, 0.05) is 12.6 Å². The largest absolute Gasteiger partial charge is 0.481 e. The Morgan fingerprint density at radius 3 is 2.80 bits per heavy atom. The lowest BCUT2D eigenvalue weighted by Crippen LogP contribution is -2.45. The molecule has 2 N–H and O–H groups in total. The second-order valence-corrected chi connectivity index (χ2v) is 4.51. The van der Waals surface area contributed by atoms with Crippen LogP contribution in [-0.2, 0) is 9.59 Å². The Hall–Kier alpha value is -2.18. The van der Waals surface area contributed by atoms with E-state index in [1.807, 2.05) is 0 Å². The lowest BCUT2D eigenvalue weighted by atomic mass is 10.2. The smallest absolute Gasteiger partial charge is 0.261 e. The predicted octanol–water partition coefficient (Wildman–Crippen LogP) is 0.820. The van der Waals surface area contributed by atoms with E-state index in [0.717, 1.165) is 12.1 Å². The van der Waals surface area contributed by atoms with Crippen LogP contribution < -0.4 is 10.5 Å². The fourth-order valence-corrected chi connectivity index (χ4v) is 2.18. The molecule has 0 radical (unpaired) electrons. The van der Waals surface area contributed by atoms with Crippen molar-refractivity contribution in [1.29, 1.82) is 0 Å². The summed E-state index contributed by atoms with van der Waals surface area (Å²) in [5, 5.41) is 0. The molecule has 108 valence electrons. The molecule has 0 aromatic heterocycles. The normalized spacial score (nSPS) is 18.1. The highest BCUT2D eigenvalue weighted by Crippen LogP contribution is 2.20. The molecule has 1 aliphatic heterocycles. The van der Waals surface area contributed by atoms with Gasteiger partial charge in [0.2, 0.25) is 5.91 Å². The first-order valence-electron chi connectivity index (χ1n) is 6.15. The van der Waals surface area contributed by atoms with Crippen LogP contribution in [0.15, 0.2) is 18.2 Å². The van der Waals surface area contributed by atoms with Gasteiger partial charge in [-0.2, -0.15) is 0 Å². The van der Waals surface area contributed by atoms with Gasteiger partial charge >= 0.3 is 0 Å². The van der Waals surface area contributed by atoms with Crippen molar-refractivity contribution >= 4 is 11.8 Å². The highest BCUT2D eigenvalue weighted by atomic mass is 19.1. The highest BCUT2D eigenvalue weighted by molar-refractivity contribution is 5.87. The van der Waals surface area contributed by atoms with Crippen LogP contribution in [0.5, 0.6) is 5.75 Å². The molecule has 1 aliphatic rings. The SMILES string of the molecule is NC(=O)[C@@H]1CCCN1C(=O)COc1ccc(F)cc1F. The van der Waals surface area contributed by atoms with Crippen LogP contribution in [0.1, 0.15) is 12.8 Å². The monoisotopic (exact) mass is 284 g/mol.